The smallest absolute Gasteiger partial charge is 0.142 e. The highest BCUT2D eigenvalue weighted by Gasteiger charge is 2.20. The third kappa shape index (κ3) is 3.31. The summed E-state index contributed by atoms with van der Waals surface area (Å²) in [6.45, 7) is 6.48. The second kappa shape index (κ2) is 5.43. The summed E-state index contributed by atoms with van der Waals surface area (Å²) in [4.78, 5) is 2.29. The average molecular weight is 317 g/mol. The van der Waals surface area contributed by atoms with Gasteiger partial charge >= 0.3 is 0 Å². The maximum atomic E-state index is 13.5. The maximum Gasteiger partial charge on any atom is 0.142 e. The molecule has 1 aromatic heterocycles. The number of benzene rings is 1. The van der Waals surface area contributed by atoms with Gasteiger partial charge in [0.1, 0.15) is 5.82 Å². The fourth-order valence-corrected chi connectivity index (χ4v) is 3.26. The summed E-state index contributed by atoms with van der Waals surface area (Å²) >= 11 is 13.8. The van der Waals surface area contributed by atoms with E-state index in [1.54, 1.807) is 23.5 Å². The van der Waals surface area contributed by atoms with Gasteiger partial charge in [-0.3, -0.25) is 0 Å². The number of rotatable bonds is 2. The fourth-order valence-electron chi connectivity index (χ4n) is 1.73. The Kier molecular flexibility index (Phi) is 4.24. The van der Waals surface area contributed by atoms with Gasteiger partial charge in [-0.15, -0.1) is 22.9 Å². The van der Waals surface area contributed by atoms with Crippen molar-refractivity contribution in [3.05, 3.63) is 56.5 Å². The third-order valence-electron chi connectivity index (χ3n) is 2.85. The van der Waals surface area contributed by atoms with Crippen molar-refractivity contribution in [3.8, 4) is 0 Å². The first-order chi connectivity index (χ1) is 8.79. The molecule has 4 heteroatoms. The second-order valence-electron chi connectivity index (χ2n) is 5.49. The van der Waals surface area contributed by atoms with Gasteiger partial charge in [0.2, 0.25) is 0 Å². The van der Waals surface area contributed by atoms with E-state index in [1.807, 2.05) is 6.07 Å². The molecule has 0 saturated heterocycles. The van der Waals surface area contributed by atoms with Gasteiger partial charge in [-0.05, 0) is 35.2 Å². The van der Waals surface area contributed by atoms with Gasteiger partial charge in [0.05, 0.1) is 10.4 Å². The van der Waals surface area contributed by atoms with Crippen molar-refractivity contribution in [1.29, 1.82) is 0 Å². The van der Waals surface area contributed by atoms with E-state index >= 15 is 0 Å². The number of hydrogen-bond acceptors (Lipinski definition) is 1. The van der Waals surface area contributed by atoms with Crippen LogP contribution in [-0.4, -0.2) is 0 Å². The molecule has 1 aromatic carbocycles. The molecule has 1 heterocycles. The molecule has 0 saturated carbocycles. The van der Waals surface area contributed by atoms with Crippen LogP contribution in [0.4, 0.5) is 4.39 Å². The average Bonchev–Trinajstić information content (AvgIpc) is 2.81. The van der Waals surface area contributed by atoms with Crippen LogP contribution in [0.3, 0.4) is 0 Å². The highest BCUT2D eigenvalue weighted by Crippen LogP contribution is 2.38. The summed E-state index contributed by atoms with van der Waals surface area (Å²) in [5.74, 6) is -0.433. The van der Waals surface area contributed by atoms with E-state index in [4.69, 9.17) is 23.2 Å². The van der Waals surface area contributed by atoms with E-state index in [1.165, 1.54) is 10.9 Å². The number of alkyl halides is 1. The molecule has 0 N–H and O–H groups in total. The van der Waals surface area contributed by atoms with Gasteiger partial charge in [-0.1, -0.05) is 38.4 Å². The first-order valence-corrected chi connectivity index (χ1v) is 7.61. The van der Waals surface area contributed by atoms with Crippen LogP contribution in [0.5, 0.6) is 0 Å². The van der Waals surface area contributed by atoms with Crippen LogP contribution in [0, 0.1) is 5.82 Å². The molecular formula is C15H15Cl2FS. The fraction of sp³-hybridized carbons (Fsp3) is 0.333. The second-order valence-corrected chi connectivity index (χ2v) is 7.45. The zero-order chi connectivity index (χ0) is 14.2. The highest BCUT2D eigenvalue weighted by molar-refractivity contribution is 7.12. The summed E-state index contributed by atoms with van der Waals surface area (Å²) in [6, 6.07) is 8.80. The van der Waals surface area contributed by atoms with Gasteiger partial charge in [0, 0.05) is 9.75 Å². The molecule has 0 spiro atoms. The molecule has 0 amide bonds. The van der Waals surface area contributed by atoms with Gasteiger partial charge in [0.15, 0.2) is 0 Å². The van der Waals surface area contributed by atoms with Crippen molar-refractivity contribution < 1.29 is 4.39 Å². The Bertz CT molecular complexity index is 584. The van der Waals surface area contributed by atoms with E-state index in [0.717, 1.165) is 10.4 Å². The van der Waals surface area contributed by atoms with E-state index in [2.05, 4.69) is 26.8 Å². The molecule has 1 atom stereocenters. The largest absolute Gasteiger partial charge is 0.205 e. The van der Waals surface area contributed by atoms with Crippen LogP contribution in [0.2, 0.25) is 5.02 Å². The van der Waals surface area contributed by atoms with Crippen molar-refractivity contribution in [2.24, 2.45) is 0 Å². The predicted molar refractivity (Wildman–Crippen MR) is 82.1 cm³/mol. The Morgan fingerprint density at radius 3 is 2.37 bits per heavy atom. The van der Waals surface area contributed by atoms with Crippen LogP contribution >= 0.6 is 34.5 Å². The molecule has 19 heavy (non-hydrogen) atoms. The molecule has 0 aliphatic carbocycles. The summed E-state index contributed by atoms with van der Waals surface area (Å²) < 4.78 is 13.5. The molecule has 0 fully saturated rings. The summed E-state index contributed by atoms with van der Waals surface area (Å²) in [7, 11) is 0. The minimum Gasteiger partial charge on any atom is -0.205 e. The maximum absolute atomic E-state index is 13.5. The van der Waals surface area contributed by atoms with Gasteiger partial charge in [-0.2, -0.15) is 0 Å². The van der Waals surface area contributed by atoms with Crippen LogP contribution in [0.1, 0.15) is 41.5 Å². The van der Waals surface area contributed by atoms with Gasteiger partial charge < -0.3 is 0 Å². The van der Waals surface area contributed by atoms with E-state index < -0.39 is 5.82 Å². The Morgan fingerprint density at radius 2 is 1.84 bits per heavy atom. The first-order valence-electron chi connectivity index (χ1n) is 5.98. The van der Waals surface area contributed by atoms with Crippen LogP contribution in [-0.2, 0) is 5.41 Å². The van der Waals surface area contributed by atoms with E-state index in [0.29, 0.717) is 0 Å². The standard InChI is InChI=1S/C15H15Cl2FS/c1-15(2,3)13-7-6-12(19-13)14(17)9-4-5-10(16)11(18)8-9/h4-8,14H,1-3H3. The lowest BCUT2D eigenvalue weighted by atomic mass is 9.95. The van der Waals surface area contributed by atoms with Crippen LogP contribution < -0.4 is 0 Å². The van der Waals surface area contributed by atoms with Crippen molar-refractivity contribution in [2.75, 3.05) is 0 Å². The van der Waals surface area contributed by atoms with Crippen LogP contribution in [0.25, 0.3) is 0 Å². The molecule has 0 radical (unpaired) electrons. The molecule has 1 unspecified atom stereocenters. The van der Waals surface area contributed by atoms with Gasteiger partial charge in [-0.25, -0.2) is 4.39 Å². The minimum absolute atomic E-state index is 0.102. The third-order valence-corrected chi connectivity index (χ3v) is 5.35. The Morgan fingerprint density at radius 1 is 1.16 bits per heavy atom. The topological polar surface area (TPSA) is 0 Å². The number of thiophene rings is 1. The normalized spacial score (nSPS) is 13.6. The van der Waals surface area contributed by atoms with Crippen molar-refractivity contribution in [2.45, 2.75) is 31.6 Å². The van der Waals surface area contributed by atoms with Gasteiger partial charge in [0.25, 0.3) is 0 Å². The van der Waals surface area contributed by atoms with Crippen LogP contribution in [0.15, 0.2) is 30.3 Å². The highest BCUT2D eigenvalue weighted by atomic mass is 35.5. The zero-order valence-corrected chi connectivity index (χ0v) is 13.3. The summed E-state index contributed by atoms with van der Waals surface area (Å²) in [5, 5.41) is -0.220. The lowest BCUT2D eigenvalue weighted by molar-refractivity contribution is 0.604. The molecule has 0 aliphatic rings. The molecule has 0 nitrogen and oxygen atoms in total. The molecule has 2 rings (SSSR count). The molecule has 0 aliphatic heterocycles. The molecule has 102 valence electrons. The molecular weight excluding hydrogens is 302 g/mol. The Labute approximate surface area is 127 Å². The SMILES string of the molecule is CC(C)(C)c1ccc(C(Cl)c2ccc(Cl)c(F)c2)s1. The Balaban J connectivity index is 2.31. The number of hydrogen-bond donors (Lipinski definition) is 0. The monoisotopic (exact) mass is 316 g/mol. The lowest BCUT2D eigenvalue weighted by Crippen LogP contribution is -2.07. The predicted octanol–water partition coefficient (Wildman–Crippen LogP) is 6.17. The van der Waals surface area contributed by atoms with E-state index in [-0.39, 0.29) is 15.8 Å². The lowest BCUT2D eigenvalue weighted by Gasteiger charge is -2.15. The van der Waals surface area contributed by atoms with Crippen molar-refractivity contribution >= 4 is 34.5 Å². The zero-order valence-electron chi connectivity index (χ0n) is 11.0. The minimum atomic E-state index is -0.433. The quantitative estimate of drug-likeness (QED) is 0.581. The molecule has 2 aromatic rings. The summed E-state index contributed by atoms with van der Waals surface area (Å²) in [6.07, 6.45) is 0. The van der Waals surface area contributed by atoms with Crippen molar-refractivity contribution in [1.82, 2.24) is 0 Å². The Hall–Kier alpha value is -0.570. The summed E-state index contributed by atoms with van der Waals surface area (Å²) in [5.41, 5.74) is 0.830. The number of halogens is 3. The van der Waals surface area contributed by atoms with Crippen molar-refractivity contribution in [3.63, 3.8) is 0 Å². The van der Waals surface area contributed by atoms with E-state index in [9.17, 15) is 4.39 Å². The molecule has 0 bridgehead atoms. The first kappa shape index (κ1) is 14.8.